The van der Waals surface area contributed by atoms with Crippen LogP contribution in [0, 0.1) is 17.2 Å². The Morgan fingerprint density at radius 1 is 1.14 bits per heavy atom. The minimum atomic E-state index is -4.41. The van der Waals surface area contributed by atoms with Crippen molar-refractivity contribution in [2.24, 2.45) is 5.92 Å². The molecule has 1 N–H and O–H groups in total. The van der Waals surface area contributed by atoms with Crippen molar-refractivity contribution in [3.05, 3.63) is 65.5 Å². The summed E-state index contributed by atoms with van der Waals surface area (Å²) < 4.78 is 46.6. The fourth-order valence-electron chi connectivity index (χ4n) is 4.58. The van der Waals surface area contributed by atoms with Crippen molar-refractivity contribution in [2.75, 3.05) is 12.4 Å². The highest BCUT2D eigenvalue weighted by atomic mass is 19.4. The molecule has 0 bridgehead atoms. The molecule has 1 atom stereocenters. The van der Waals surface area contributed by atoms with Crippen LogP contribution in [0.4, 0.5) is 19.0 Å². The van der Waals surface area contributed by atoms with Crippen molar-refractivity contribution >= 4 is 17.0 Å². The Labute approximate surface area is 212 Å². The highest BCUT2D eigenvalue weighted by Crippen LogP contribution is 2.35. The predicted molar refractivity (Wildman–Crippen MR) is 133 cm³/mol. The van der Waals surface area contributed by atoms with Gasteiger partial charge in [-0.1, -0.05) is 30.7 Å². The number of fused-ring (bicyclic) bond motifs is 1. The second-order valence-electron chi connectivity index (χ2n) is 9.25. The molecule has 1 saturated carbocycles. The molecule has 0 aliphatic heterocycles. The second-order valence-corrected chi connectivity index (χ2v) is 9.25. The molecule has 1 aliphatic carbocycles. The van der Waals surface area contributed by atoms with E-state index < -0.39 is 11.7 Å². The van der Waals surface area contributed by atoms with Crippen molar-refractivity contribution in [2.45, 2.75) is 44.9 Å². The molecule has 2 heterocycles. The molecule has 1 aliphatic rings. The summed E-state index contributed by atoms with van der Waals surface area (Å²) in [6.07, 6.45) is -0.992. The zero-order chi connectivity index (χ0) is 26.2. The van der Waals surface area contributed by atoms with E-state index in [9.17, 15) is 18.4 Å². The van der Waals surface area contributed by atoms with Gasteiger partial charge in [0.25, 0.3) is 0 Å². The fraction of sp³-hybridized carbons (Fsp3) is 0.333. The van der Waals surface area contributed by atoms with E-state index >= 15 is 0 Å². The van der Waals surface area contributed by atoms with Crippen LogP contribution in [0.2, 0.25) is 0 Å². The molecule has 190 valence electrons. The number of hydrogen-bond donors (Lipinski definition) is 1. The summed E-state index contributed by atoms with van der Waals surface area (Å²) in [5.74, 6) is 2.14. The molecule has 0 spiro atoms. The normalized spacial score (nSPS) is 14.7. The number of halogens is 3. The Kier molecular flexibility index (Phi) is 6.46. The third-order valence-corrected chi connectivity index (χ3v) is 6.87. The van der Waals surface area contributed by atoms with Gasteiger partial charge >= 0.3 is 6.18 Å². The number of nitriles is 1. The molecule has 7 nitrogen and oxygen atoms in total. The maximum atomic E-state index is 13.1. The SMILES string of the molecule is COc1cccc(-c2nc3nc(C#N)nc(NC(C)C4CCC4)c3n2Cc2ccc(C(F)(F)F)cc2)c1. The van der Waals surface area contributed by atoms with Crippen LogP contribution >= 0.6 is 0 Å². The van der Waals surface area contributed by atoms with Gasteiger partial charge in [0.2, 0.25) is 5.82 Å². The lowest BCUT2D eigenvalue weighted by molar-refractivity contribution is -0.137. The second kappa shape index (κ2) is 9.73. The molecule has 10 heteroatoms. The van der Waals surface area contributed by atoms with Gasteiger partial charge in [-0.05, 0) is 55.5 Å². The predicted octanol–water partition coefficient (Wildman–Crippen LogP) is 6.04. The number of ether oxygens (including phenoxy) is 1. The van der Waals surface area contributed by atoms with Crippen molar-refractivity contribution in [1.82, 2.24) is 19.5 Å². The van der Waals surface area contributed by atoms with Crippen LogP contribution in [0.3, 0.4) is 0 Å². The number of anilines is 1. The summed E-state index contributed by atoms with van der Waals surface area (Å²) in [5, 5.41) is 13.0. The number of methoxy groups -OCH3 is 1. The summed E-state index contributed by atoms with van der Waals surface area (Å²) in [7, 11) is 1.57. The van der Waals surface area contributed by atoms with E-state index in [-0.39, 0.29) is 18.4 Å². The topological polar surface area (TPSA) is 88.7 Å². The molecule has 37 heavy (non-hydrogen) atoms. The molecule has 2 aromatic heterocycles. The van der Waals surface area contributed by atoms with Crippen LogP contribution in [0.5, 0.6) is 5.75 Å². The van der Waals surface area contributed by atoms with Crippen molar-refractivity contribution in [3.63, 3.8) is 0 Å². The van der Waals surface area contributed by atoms with Crippen LogP contribution < -0.4 is 10.1 Å². The number of aromatic nitrogens is 4. The first-order valence-electron chi connectivity index (χ1n) is 12.0. The molecule has 4 aromatic rings. The number of imidazole rings is 1. The van der Waals surface area contributed by atoms with Crippen molar-refractivity contribution < 1.29 is 17.9 Å². The standard InChI is InChI=1S/C27H25F3N6O/c1-16(18-5-3-6-18)32-24-23-25(34-22(14-31)33-24)35-26(19-7-4-8-21(13-19)37-2)36(23)15-17-9-11-20(12-10-17)27(28,29)30/h4,7-13,16,18H,3,5-6,15H2,1-2H3,(H,32,33,34). The van der Waals surface area contributed by atoms with E-state index in [1.165, 1.54) is 18.6 Å². The zero-order valence-corrected chi connectivity index (χ0v) is 20.4. The molecule has 0 radical (unpaired) electrons. The highest BCUT2D eigenvalue weighted by Gasteiger charge is 2.30. The maximum Gasteiger partial charge on any atom is 0.416 e. The van der Waals surface area contributed by atoms with Crippen molar-refractivity contribution in [1.29, 1.82) is 5.26 Å². The monoisotopic (exact) mass is 506 g/mol. The minimum Gasteiger partial charge on any atom is -0.497 e. The van der Waals surface area contributed by atoms with Crippen LogP contribution in [-0.2, 0) is 12.7 Å². The molecule has 2 aromatic carbocycles. The fourth-order valence-corrected chi connectivity index (χ4v) is 4.58. The Morgan fingerprint density at radius 2 is 1.89 bits per heavy atom. The third-order valence-electron chi connectivity index (χ3n) is 6.87. The molecule has 0 amide bonds. The van der Waals surface area contributed by atoms with Gasteiger partial charge in [0, 0.05) is 18.2 Å². The van der Waals surface area contributed by atoms with Gasteiger partial charge in [-0.3, -0.25) is 0 Å². The molecular formula is C27H25F3N6O. The van der Waals surface area contributed by atoms with E-state index in [1.54, 1.807) is 7.11 Å². The Hall–Kier alpha value is -4.13. The summed E-state index contributed by atoms with van der Waals surface area (Å²) in [4.78, 5) is 13.6. The lowest BCUT2D eigenvalue weighted by Gasteiger charge is -2.32. The number of hydrogen-bond acceptors (Lipinski definition) is 6. The first-order valence-corrected chi connectivity index (χ1v) is 12.0. The zero-order valence-electron chi connectivity index (χ0n) is 20.4. The highest BCUT2D eigenvalue weighted by molar-refractivity contribution is 5.87. The molecule has 0 saturated heterocycles. The van der Waals surface area contributed by atoms with Crippen LogP contribution in [0.1, 0.15) is 43.1 Å². The minimum absolute atomic E-state index is 0.00724. The van der Waals surface area contributed by atoms with Gasteiger partial charge < -0.3 is 14.6 Å². The van der Waals surface area contributed by atoms with Crippen LogP contribution in [0.25, 0.3) is 22.6 Å². The number of alkyl halides is 3. The number of rotatable bonds is 7. The van der Waals surface area contributed by atoms with E-state index in [4.69, 9.17) is 9.72 Å². The first kappa shape index (κ1) is 24.6. The van der Waals surface area contributed by atoms with Crippen molar-refractivity contribution in [3.8, 4) is 23.2 Å². The van der Waals surface area contributed by atoms with Gasteiger partial charge in [-0.2, -0.15) is 28.4 Å². The summed E-state index contributed by atoms with van der Waals surface area (Å²) >= 11 is 0. The van der Waals surface area contributed by atoms with E-state index in [0.717, 1.165) is 30.5 Å². The Balaban J connectivity index is 1.67. The Bertz CT molecular complexity index is 1470. The van der Waals surface area contributed by atoms with Gasteiger partial charge in [-0.15, -0.1) is 0 Å². The van der Waals surface area contributed by atoms with Gasteiger partial charge in [-0.25, -0.2) is 4.98 Å². The summed E-state index contributed by atoms with van der Waals surface area (Å²) in [6.45, 7) is 2.31. The van der Waals surface area contributed by atoms with Gasteiger partial charge in [0.15, 0.2) is 11.5 Å². The maximum absolute atomic E-state index is 13.1. The molecule has 5 rings (SSSR count). The number of nitrogens with one attached hydrogen (secondary N) is 1. The van der Waals surface area contributed by atoms with Crippen LogP contribution in [0.15, 0.2) is 48.5 Å². The number of benzene rings is 2. The van der Waals surface area contributed by atoms with Gasteiger partial charge in [0.05, 0.1) is 12.7 Å². The third kappa shape index (κ3) is 4.94. The van der Waals surface area contributed by atoms with E-state index in [1.807, 2.05) is 34.9 Å². The van der Waals surface area contributed by atoms with Gasteiger partial charge in [0.1, 0.15) is 23.2 Å². The summed E-state index contributed by atoms with van der Waals surface area (Å²) in [6, 6.07) is 14.5. The summed E-state index contributed by atoms with van der Waals surface area (Å²) in [5.41, 5.74) is 1.60. The quantitative estimate of drug-likeness (QED) is 0.329. The van der Waals surface area contributed by atoms with Crippen LogP contribution in [-0.4, -0.2) is 32.7 Å². The smallest absolute Gasteiger partial charge is 0.416 e. The average molecular weight is 507 g/mol. The average Bonchev–Trinajstić information content (AvgIpc) is 3.21. The Morgan fingerprint density at radius 3 is 2.51 bits per heavy atom. The first-order chi connectivity index (χ1) is 17.8. The lowest BCUT2D eigenvalue weighted by atomic mass is 9.80. The van der Waals surface area contributed by atoms with E-state index in [2.05, 4.69) is 22.2 Å². The van der Waals surface area contributed by atoms with E-state index in [0.29, 0.717) is 40.0 Å². The molecule has 1 unspecified atom stereocenters. The largest absolute Gasteiger partial charge is 0.497 e. The molecular weight excluding hydrogens is 481 g/mol. The number of nitrogens with zero attached hydrogens (tertiary/aromatic N) is 5. The molecule has 1 fully saturated rings. The lowest BCUT2D eigenvalue weighted by Crippen LogP contribution is -2.31.